The average Bonchev–Trinajstić information content (AvgIpc) is 2.64. The van der Waals surface area contributed by atoms with E-state index in [1.807, 2.05) is 42.5 Å². The standard InChI is InChI=1S/C20H19N3O2/c21-15-4-1-13(2-5-15)18-8-3-14-11-17(7-9-19(14)25-18)24-20-10-6-16(22)12-23-20/h1-2,4-7,9-12,18H,3,8,21-22H2. The fourth-order valence-electron chi connectivity index (χ4n) is 2.95. The van der Waals surface area contributed by atoms with Crippen molar-refractivity contribution in [2.75, 3.05) is 11.5 Å². The summed E-state index contributed by atoms with van der Waals surface area (Å²) in [5, 5.41) is 0. The molecule has 4 rings (SSSR count). The summed E-state index contributed by atoms with van der Waals surface area (Å²) in [7, 11) is 0. The van der Waals surface area contributed by atoms with Crippen LogP contribution >= 0.6 is 0 Å². The van der Waals surface area contributed by atoms with Gasteiger partial charge < -0.3 is 20.9 Å². The molecule has 1 unspecified atom stereocenters. The van der Waals surface area contributed by atoms with Crippen LogP contribution in [0.4, 0.5) is 11.4 Å². The number of hydrogen-bond donors (Lipinski definition) is 2. The lowest BCUT2D eigenvalue weighted by molar-refractivity contribution is 0.176. The molecule has 5 nitrogen and oxygen atoms in total. The summed E-state index contributed by atoms with van der Waals surface area (Å²) in [6.45, 7) is 0. The van der Waals surface area contributed by atoms with E-state index in [1.165, 1.54) is 0 Å². The van der Waals surface area contributed by atoms with Crippen LogP contribution < -0.4 is 20.9 Å². The Labute approximate surface area is 146 Å². The molecule has 2 aromatic carbocycles. The van der Waals surface area contributed by atoms with E-state index in [1.54, 1.807) is 18.3 Å². The fraction of sp³-hybridized carbons (Fsp3) is 0.150. The summed E-state index contributed by atoms with van der Waals surface area (Å²) in [4.78, 5) is 4.16. The molecule has 0 bridgehead atoms. The lowest BCUT2D eigenvalue weighted by Gasteiger charge is -2.26. The van der Waals surface area contributed by atoms with Crippen LogP contribution in [0.25, 0.3) is 0 Å². The van der Waals surface area contributed by atoms with Crippen molar-refractivity contribution in [3.8, 4) is 17.4 Å². The number of fused-ring (bicyclic) bond motifs is 1. The Morgan fingerprint density at radius 3 is 2.52 bits per heavy atom. The minimum atomic E-state index is 0.0543. The summed E-state index contributed by atoms with van der Waals surface area (Å²) in [6, 6.07) is 17.2. The number of nitrogen functional groups attached to an aromatic ring is 2. The fourth-order valence-corrected chi connectivity index (χ4v) is 2.95. The van der Waals surface area contributed by atoms with Crippen LogP contribution in [-0.4, -0.2) is 4.98 Å². The molecule has 25 heavy (non-hydrogen) atoms. The number of hydrogen-bond acceptors (Lipinski definition) is 5. The highest BCUT2D eigenvalue weighted by molar-refractivity contribution is 5.45. The van der Waals surface area contributed by atoms with Gasteiger partial charge in [0.25, 0.3) is 0 Å². The third-order valence-electron chi connectivity index (χ3n) is 4.27. The Balaban J connectivity index is 1.50. The number of nitrogens with zero attached hydrogens (tertiary/aromatic N) is 1. The molecule has 0 saturated heterocycles. The van der Waals surface area contributed by atoms with Crippen molar-refractivity contribution in [3.05, 3.63) is 71.9 Å². The van der Waals surface area contributed by atoms with Gasteiger partial charge in [0.1, 0.15) is 17.6 Å². The molecule has 1 aliphatic rings. The Bertz CT molecular complexity index is 876. The van der Waals surface area contributed by atoms with Crippen molar-refractivity contribution in [2.45, 2.75) is 18.9 Å². The third kappa shape index (κ3) is 3.35. The molecule has 1 aliphatic heterocycles. The maximum absolute atomic E-state index is 6.15. The molecule has 0 amide bonds. The van der Waals surface area contributed by atoms with E-state index in [4.69, 9.17) is 20.9 Å². The van der Waals surface area contributed by atoms with Gasteiger partial charge in [0.15, 0.2) is 0 Å². The smallest absolute Gasteiger partial charge is 0.219 e. The van der Waals surface area contributed by atoms with Crippen molar-refractivity contribution < 1.29 is 9.47 Å². The van der Waals surface area contributed by atoms with Gasteiger partial charge >= 0.3 is 0 Å². The third-order valence-corrected chi connectivity index (χ3v) is 4.27. The van der Waals surface area contributed by atoms with Gasteiger partial charge in [-0.05, 0) is 60.4 Å². The van der Waals surface area contributed by atoms with Crippen LogP contribution in [0.15, 0.2) is 60.8 Å². The van der Waals surface area contributed by atoms with Crippen molar-refractivity contribution in [1.82, 2.24) is 4.98 Å². The normalized spacial score (nSPS) is 15.9. The number of pyridine rings is 1. The number of ether oxygens (including phenoxy) is 2. The molecule has 3 aromatic rings. The molecule has 0 fully saturated rings. The zero-order valence-corrected chi connectivity index (χ0v) is 13.7. The summed E-state index contributed by atoms with van der Waals surface area (Å²) >= 11 is 0. The maximum Gasteiger partial charge on any atom is 0.219 e. The second-order valence-corrected chi connectivity index (χ2v) is 6.11. The van der Waals surface area contributed by atoms with Gasteiger partial charge in [0.2, 0.25) is 5.88 Å². The topological polar surface area (TPSA) is 83.4 Å². The Kier molecular flexibility index (Phi) is 3.90. The number of nitrogens with two attached hydrogens (primary N) is 2. The number of rotatable bonds is 3. The van der Waals surface area contributed by atoms with Crippen LogP contribution in [0, 0.1) is 0 Å². The van der Waals surface area contributed by atoms with E-state index >= 15 is 0 Å². The minimum absolute atomic E-state index is 0.0543. The van der Waals surface area contributed by atoms with Crippen molar-refractivity contribution in [2.24, 2.45) is 0 Å². The first-order valence-corrected chi connectivity index (χ1v) is 8.22. The first kappa shape index (κ1) is 15.3. The molecule has 126 valence electrons. The van der Waals surface area contributed by atoms with Crippen LogP contribution in [0.3, 0.4) is 0 Å². The van der Waals surface area contributed by atoms with Gasteiger partial charge in [0, 0.05) is 11.8 Å². The van der Waals surface area contributed by atoms with E-state index in [2.05, 4.69) is 4.98 Å². The van der Waals surface area contributed by atoms with Gasteiger partial charge in [-0.2, -0.15) is 0 Å². The molecule has 0 aliphatic carbocycles. The highest BCUT2D eigenvalue weighted by atomic mass is 16.5. The summed E-state index contributed by atoms with van der Waals surface area (Å²) in [6.07, 6.45) is 3.48. The van der Waals surface area contributed by atoms with Crippen LogP contribution in [-0.2, 0) is 6.42 Å². The molecule has 1 aromatic heterocycles. The molecular formula is C20H19N3O2. The van der Waals surface area contributed by atoms with Crippen LogP contribution in [0.2, 0.25) is 0 Å². The maximum atomic E-state index is 6.15. The van der Waals surface area contributed by atoms with Gasteiger partial charge in [-0.3, -0.25) is 0 Å². The van der Waals surface area contributed by atoms with E-state index < -0.39 is 0 Å². The van der Waals surface area contributed by atoms with Gasteiger partial charge in [-0.15, -0.1) is 0 Å². The van der Waals surface area contributed by atoms with E-state index in [0.717, 1.165) is 41.2 Å². The zero-order valence-electron chi connectivity index (χ0n) is 13.7. The Morgan fingerprint density at radius 2 is 1.76 bits per heavy atom. The second-order valence-electron chi connectivity index (χ2n) is 6.11. The first-order valence-electron chi connectivity index (χ1n) is 8.22. The van der Waals surface area contributed by atoms with E-state index in [-0.39, 0.29) is 6.10 Å². The summed E-state index contributed by atoms with van der Waals surface area (Å²) in [5.41, 5.74) is 15.0. The van der Waals surface area contributed by atoms with Crippen molar-refractivity contribution in [1.29, 1.82) is 0 Å². The molecule has 0 spiro atoms. The van der Waals surface area contributed by atoms with Crippen LogP contribution in [0.5, 0.6) is 17.4 Å². The van der Waals surface area contributed by atoms with Crippen molar-refractivity contribution in [3.63, 3.8) is 0 Å². The van der Waals surface area contributed by atoms with E-state index in [0.29, 0.717) is 11.6 Å². The first-order chi connectivity index (χ1) is 12.2. The predicted molar refractivity (Wildman–Crippen MR) is 97.7 cm³/mol. The quantitative estimate of drug-likeness (QED) is 0.705. The monoisotopic (exact) mass is 333 g/mol. The molecule has 0 radical (unpaired) electrons. The molecular weight excluding hydrogens is 314 g/mol. The number of benzene rings is 2. The van der Waals surface area contributed by atoms with Gasteiger partial charge in [-0.25, -0.2) is 4.98 Å². The minimum Gasteiger partial charge on any atom is -0.485 e. The van der Waals surface area contributed by atoms with Gasteiger partial charge in [-0.1, -0.05) is 12.1 Å². The molecule has 0 saturated carbocycles. The van der Waals surface area contributed by atoms with Gasteiger partial charge in [0.05, 0.1) is 11.9 Å². The number of aryl methyl sites for hydroxylation is 1. The Hall–Kier alpha value is -3.21. The SMILES string of the molecule is Nc1ccc(C2CCc3cc(Oc4ccc(N)cn4)ccc3O2)cc1. The Morgan fingerprint density at radius 1 is 0.960 bits per heavy atom. The van der Waals surface area contributed by atoms with Crippen LogP contribution in [0.1, 0.15) is 23.7 Å². The average molecular weight is 333 g/mol. The lowest BCUT2D eigenvalue weighted by Crippen LogP contribution is -2.15. The second kappa shape index (κ2) is 6.36. The summed E-state index contributed by atoms with van der Waals surface area (Å²) in [5.74, 6) is 2.15. The van der Waals surface area contributed by atoms with Crippen molar-refractivity contribution >= 4 is 11.4 Å². The highest BCUT2D eigenvalue weighted by Crippen LogP contribution is 2.37. The van der Waals surface area contributed by atoms with E-state index in [9.17, 15) is 0 Å². The summed E-state index contributed by atoms with van der Waals surface area (Å²) < 4.78 is 11.9. The molecule has 4 N–H and O–H groups in total. The molecule has 2 heterocycles. The highest BCUT2D eigenvalue weighted by Gasteiger charge is 2.21. The zero-order chi connectivity index (χ0) is 17.2. The number of aromatic nitrogens is 1. The number of anilines is 2. The largest absolute Gasteiger partial charge is 0.485 e. The molecule has 1 atom stereocenters. The molecule has 5 heteroatoms. The lowest BCUT2D eigenvalue weighted by atomic mass is 9.97. The predicted octanol–water partition coefficient (Wildman–Crippen LogP) is 4.10.